The van der Waals surface area contributed by atoms with Crippen molar-refractivity contribution in [1.29, 1.82) is 0 Å². The largest absolute Gasteiger partial charge is 0.472 e. The number of esters is 4. The van der Waals surface area contributed by atoms with Gasteiger partial charge in [0.05, 0.1) is 26.4 Å². The van der Waals surface area contributed by atoms with E-state index < -0.39 is 97.5 Å². The minimum atomic E-state index is -4.95. The number of ether oxygens (including phenoxy) is 4. The molecule has 0 amide bonds. The predicted octanol–water partition coefficient (Wildman–Crippen LogP) is 18.8. The summed E-state index contributed by atoms with van der Waals surface area (Å²) in [5.74, 6) is -0.619. The van der Waals surface area contributed by atoms with Crippen molar-refractivity contribution in [3.05, 3.63) is 0 Å². The van der Waals surface area contributed by atoms with Gasteiger partial charge < -0.3 is 33.8 Å². The van der Waals surface area contributed by atoms with E-state index >= 15 is 0 Å². The summed E-state index contributed by atoms with van der Waals surface area (Å²) < 4.78 is 68.0. The topological polar surface area (TPSA) is 237 Å². The highest BCUT2D eigenvalue weighted by Crippen LogP contribution is 2.45. The summed E-state index contributed by atoms with van der Waals surface area (Å²) in [6, 6.07) is 0. The highest BCUT2D eigenvalue weighted by Gasteiger charge is 2.30. The van der Waals surface area contributed by atoms with Gasteiger partial charge in [-0.3, -0.25) is 37.3 Å². The van der Waals surface area contributed by atoms with Crippen LogP contribution in [0.1, 0.15) is 337 Å². The average molecular weight is 1270 g/mol. The molecule has 0 rings (SSSR count). The maximum Gasteiger partial charge on any atom is 0.472 e. The van der Waals surface area contributed by atoms with Gasteiger partial charge in [0.25, 0.3) is 0 Å². The zero-order valence-corrected chi connectivity index (χ0v) is 57.4. The van der Waals surface area contributed by atoms with Crippen molar-refractivity contribution in [2.75, 3.05) is 39.6 Å². The van der Waals surface area contributed by atoms with Gasteiger partial charge in [-0.25, -0.2) is 9.13 Å². The molecule has 0 aliphatic carbocycles. The van der Waals surface area contributed by atoms with Crippen LogP contribution in [0.15, 0.2) is 0 Å². The van der Waals surface area contributed by atoms with Gasteiger partial charge in [0, 0.05) is 25.7 Å². The van der Waals surface area contributed by atoms with Crippen LogP contribution < -0.4 is 0 Å². The number of carbonyl (C=O) groups excluding carboxylic acids is 4. The Morgan fingerprint density at radius 3 is 0.884 bits per heavy atom. The molecular weight excluding hydrogens is 1140 g/mol. The highest BCUT2D eigenvalue weighted by molar-refractivity contribution is 7.47. The molecule has 86 heavy (non-hydrogen) atoms. The van der Waals surface area contributed by atoms with Crippen LogP contribution in [0.25, 0.3) is 0 Å². The molecule has 0 spiro atoms. The lowest BCUT2D eigenvalue weighted by atomic mass is 9.99. The summed E-state index contributed by atoms with van der Waals surface area (Å²) in [5, 5.41) is 10.5. The number of phosphoric acid groups is 2. The molecule has 0 saturated heterocycles. The van der Waals surface area contributed by atoms with Crippen LogP contribution >= 0.6 is 15.6 Å². The van der Waals surface area contributed by atoms with Crippen molar-refractivity contribution in [3.63, 3.8) is 0 Å². The first-order valence-corrected chi connectivity index (χ1v) is 38.0. The van der Waals surface area contributed by atoms with Crippen LogP contribution in [0.2, 0.25) is 0 Å². The van der Waals surface area contributed by atoms with Crippen molar-refractivity contribution < 1.29 is 80.2 Å². The molecule has 510 valence electrons. The van der Waals surface area contributed by atoms with E-state index in [9.17, 15) is 43.2 Å². The Kier molecular flexibility index (Phi) is 58.0. The lowest BCUT2D eigenvalue weighted by molar-refractivity contribution is -0.161. The molecule has 6 atom stereocenters. The van der Waals surface area contributed by atoms with Crippen LogP contribution in [-0.4, -0.2) is 96.7 Å². The van der Waals surface area contributed by atoms with E-state index in [4.69, 9.17) is 37.0 Å². The molecule has 0 saturated carbocycles. The third-order valence-electron chi connectivity index (χ3n) is 15.8. The average Bonchev–Trinajstić information content (AvgIpc) is 3.70. The molecule has 0 bridgehead atoms. The lowest BCUT2D eigenvalue weighted by Crippen LogP contribution is -2.30. The molecule has 0 aliphatic heterocycles. The third kappa shape index (κ3) is 59.7. The Balaban J connectivity index is 5.18. The lowest BCUT2D eigenvalue weighted by Gasteiger charge is -2.21. The molecule has 3 unspecified atom stereocenters. The fourth-order valence-electron chi connectivity index (χ4n) is 10.0. The third-order valence-corrected chi connectivity index (χ3v) is 17.7. The normalized spacial score (nSPS) is 14.5. The molecule has 0 heterocycles. The Morgan fingerprint density at radius 1 is 0.337 bits per heavy atom. The van der Waals surface area contributed by atoms with E-state index in [1.54, 1.807) is 0 Å². The van der Waals surface area contributed by atoms with Gasteiger partial charge in [-0.1, -0.05) is 286 Å². The van der Waals surface area contributed by atoms with E-state index in [0.29, 0.717) is 31.6 Å². The van der Waals surface area contributed by atoms with Gasteiger partial charge in [-0.15, -0.1) is 0 Å². The second kappa shape index (κ2) is 59.4. The number of aliphatic hydroxyl groups is 1. The highest BCUT2D eigenvalue weighted by atomic mass is 31.2. The van der Waals surface area contributed by atoms with E-state index in [-0.39, 0.29) is 25.7 Å². The minimum absolute atomic E-state index is 0.102. The maximum absolute atomic E-state index is 13.0. The summed E-state index contributed by atoms with van der Waals surface area (Å²) in [5.41, 5.74) is 0. The van der Waals surface area contributed by atoms with Crippen molar-refractivity contribution in [2.24, 2.45) is 11.8 Å². The van der Waals surface area contributed by atoms with Crippen LogP contribution in [0.5, 0.6) is 0 Å². The molecule has 0 fully saturated rings. The summed E-state index contributed by atoms with van der Waals surface area (Å²) >= 11 is 0. The van der Waals surface area contributed by atoms with Gasteiger partial charge in [0.1, 0.15) is 19.3 Å². The van der Waals surface area contributed by atoms with E-state index in [1.807, 2.05) is 0 Å². The fourth-order valence-corrected chi connectivity index (χ4v) is 11.6. The summed E-state index contributed by atoms with van der Waals surface area (Å²) in [6.07, 6.45) is 43.2. The number of aliphatic hydroxyl groups excluding tert-OH is 1. The monoisotopic (exact) mass is 1270 g/mol. The summed E-state index contributed by atoms with van der Waals surface area (Å²) in [7, 11) is -9.89. The first-order valence-electron chi connectivity index (χ1n) is 35.0. The Bertz CT molecular complexity index is 1690. The fraction of sp³-hybridized carbons (Fsp3) is 0.940. The van der Waals surface area contributed by atoms with Crippen LogP contribution in [-0.2, 0) is 65.4 Å². The van der Waals surface area contributed by atoms with Crippen molar-refractivity contribution in [3.8, 4) is 0 Å². The first kappa shape index (κ1) is 84.1. The smallest absolute Gasteiger partial charge is 0.462 e. The number of unbranched alkanes of at least 4 members (excludes halogenated alkanes) is 35. The van der Waals surface area contributed by atoms with Crippen LogP contribution in [0.3, 0.4) is 0 Å². The predicted molar refractivity (Wildman–Crippen MR) is 345 cm³/mol. The van der Waals surface area contributed by atoms with Crippen molar-refractivity contribution in [1.82, 2.24) is 0 Å². The van der Waals surface area contributed by atoms with Crippen LogP contribution in [0, 0.1) is 11.8 Å². The SMILES string of the molecule is CCCCCCCCCCCCC(=O)OC[C@H](COP(=O)(O)OC[C@@H](O)COP(=O)(O)OC[C@@H](COC(=O)CCCCCCCCCCC)OC(=O)CCCCCCCCC(C)C)OC(=O)CCCCCCCCCCCCCCCCC(C)CC. The molecule has 0 radical (unpaired) electrons. The second-order valence-electron chi connectivity index (χ2n) is 24.9. The summed E-state index contributed by atoms with van der Waals surface area (Å²) in [4.78, 5) is 72.2. The number of carbonyl (C=O) groups is 4. The van der Waals surface area contributed by atoms with E-state index in [0.717, 1.165) is 95.8 Å². The molecule has 19 heteroatoms. The van der Waals surface area contributed by atoms with Gasteiger partial charge in [0.2, 0.25) is 0 Å². The molecule has 3 N–H and O–H groups in total. The molecule has 17 nitrogen and oxygen atoms in total. The number of phosphoric ester groups is 2. The molecule has 0 aromatic heterocycles. The zero-order valence-electron chi connectivity index (χ0n) is 55.6. The second-order valence-corrected chi connectivity index (χ2v) is 27.8. The van der Waals surface area contributed by atoms with Crippen molar-refractivity contribution in [2.45, 2.75) is 355 Å². The number of rotatable bonds is 66. The Morgan fingerprint density at radius 2 is 0.593 bits per heavy atom. The minimum Gasteiger partial charge on any atom is -0.462 e. The number of hydrogen-bond acceptors (Lipinski definition) is 15. The summed E-state index contributed by atoms with van der Waals surface area (Å²) in [6.45, 7) is 9.46. The van der Waals surface area contributed by atoms with Crippen molar-refractivity contribution >= 4 is 39.5 Å². The van der Waals surface area contributed by atoms with Gasteiger partial charge in [0.15, 0.2) is 12.2 Å². The molecule has 0 aromatic carbocycles. The Labute approximate surface area is 524 Å². The Hall–Kier alpha value is -1.94. The van der Waals surface area contributed by atoms with Gasteiger partial charge in [-0.05, 0) is 37.5 Å². The molecule has 0 aromatic rings. The molecular formula is C67H130O17P2. The quantitative estimate of drug-likeness (QED) is 0.0222. The number of hydrogen-bond donors (Lipinski definition) is 3. The van der Waals surface area contributed by atoms with Gasteiger partial charge >= 0.3 is 39.5 Å². The standard InChI is InChI=1S/C67H130O17P2/c1-7-10-12-14-16-18-27-31-38-44-50-65(70)78-55-62(83-66(71)51-45-39-32-28-24-22-20-19-21-23-26-29-36-42-48-60(6)9-3)57-81-85(73,74)79-53-61(68)54-80-86(75,76)82-58-63(84-67(72)52-46-40-34-33-35-41-47-59(4)5)56-77-64(69)49-43-37-30-25-17-15-13-11-8-2/h59-63,68H,7-58H2,1-6H3,(H,73,74)(H,75,76)/t60?,61-,62-,63-/m1/s1. The van der Waals surface area contributed by atoms with E-state index in [1.165, 1.54) is 154 Å². The zero-order chi connectivity index (χ0) is 63.6. The maximum atomic E-state index is 13.0. The first-order chi connectivity index (χ1) is 41.4. The van der Waals surface area contributed by atoms with Gasteiger partial charge in [-0.2, -0.15) is 0 Å². The molecule has 0 aliphatic rings. The van der Waals surface area contributed by atoms with E-state index in [2.05, 4.69) is 41.5 Å². The van der Waals surface area contributed by atoms with Crippen LogP contribution in [0.4, 0.5) is 0 Å².